The zero-order valence-electron chi connectivity index (χ0n) is 8.53. The van der Waals surface area contributed by atoms with Crippen LogP contribution in [0.4, 0.5) is 0 Å². The van der Waals surface area contributed by atoms with Gasteiger partial charge in [0, 0.05) is 16.2 Å². The van der Waals surface area contributed by atoms with E-state index in [-0.39, 0.29) is 6.04 Å². The third-order valence-electron chi connectivity index (χ3n) is 2.87. The van der Waals surface area contributed by atoms with Crippen molar-refractivity contribution in [2.75, 3.05) is 5.75 Å². The smallest absolute Gasteiger partial charge is 0.0426 e. The lowest BCUT2D eigenvalue weighted by Crippen LogP contribution is -2.26. The van der Waals surface area contributed by atoms with E-state index in [2.05, 4.69) is 30.1 Å². The third-order valence-corrected chi connectivity index (χ3v) is 5.22. The molecule has 2 atom stereocenters. The summed E-state index contributed by atoms with van der Waals surface area (Å²) < 4.78 is 0. The van der Waals surface area contributed by atoms with Crippen molar-refractivity contribution in [1.29, 1.82) is 0 Å². The predicted molar refractivity (Wildman–Crippen MR) is 66.1 cm³/mol. The Kier molecular flexibility index (Phi) is 3.52. The van der Waals surface area contributed by atoms with Gasteiger partial charge in [-0.3, -0.25) is 0 Å². The van der Waals surface area contributed by atoms with Gasteiger partial charge in [-0.1, -0.05) is 6.42 Å². The number of aryl methyl sites for hydroxylation is 1. The highest BCUT2D eigenvalue weighted by molar-refractivity contribution is 8.00. The highest BCUT2D eigenvalue weighted by atomic mass is 32.2. The SMILES string of the molecule is Cc1sccc1C(N)C1CCCCS1. The van der Waals surface area contributed by atoms with E-state index in [1.807, 2.05) is 11.3 Å². The van der Waals surface area contributed by atoms with Crippen LogP contribution in [0.5, 0.6) is 0 Å². The Morgan fingerprint density at radius 2 is 2.36 bits per heavy atom. The summed E-state index contributed by atoms with van der Waals surface area (Å²) in [5.74, 6) is 1.29. The van der Waals surface area contributed by atoms with Crippen LogP contribution in [0.3, 0.4) is 0 Å². The quantitative estimate of drug-likeness (QED) is 0.838. The fourth-order valence-electron chi connectivity index (χ4n) is 1.99. The average molecular weight is 227 g/mol. The van der Waals surface area contributed by atoms with Gasteiger partial charge in [0.2, 0.25) is 0 Å². The maximum absolute atomic E-state index is 6.30. The van der Waals surface area contributed by atoms with Crippen molar-refractivity contribution in [2.45, 2.75) is 37.5 Å². The van der Waals surface area contributed by atoms with Crippen LogP contribution >= 0.6 is 23.1 Å². The maximum atomic E-state index is 6.30. The molecule has 14 heavy (non-hydrogen) atoms. The van der Waals surface area contributed by atoms with Gasteiger partial charge in [-0.15, -0.1) is 11.3 Å². The van der Waals surface area contributed by atoms with E-state index >= 15 is 0 Å². The summed E-state index contributed by atoms with van der Waals surface area (Å²) in [5, 5.41) is 2.80. The zero-order valence-corrected chi connectivity index (χ0v) is 10.2. The van der Waals surface area contributed by atoms with Crippen LogP contribution in [0, 0.1) is 6.92 Å². The molecule has 2 rings (SSSR count). The van der Waals surface area contributed by atoms with Gasteiger partial charge in [-0.25, -0.2) is 0 Å². The molecule has 2 N–H and O–H groups in total. The van der Waals surface area contributed by atoms with Gasteiger partial charge >= 0.3 is 0 Å². The highest BCUT2D eigenvalue weighted by Crippen LogP contribution is 2.35. The number of rotatable bonds is 2. The van der Waals surface area contributed by atoms with Crippen LogP contribution in [0.1, 0.15) is 35.7 Å². The average Bonchev–Trinajstić information content (AvgIpc) is 2.65. The van der Waals surface area contributed by atoms with E-state index in [1.54, 1.807) is 0 Å². The highest BCUT2D eigenvalue weighted by Gasteiger charge is 2.23. The second-order valence-electron chi connectivity index (χ2n) is 3.86. The van der Waals surface area contributed by atoms with Crippen molar-refractivity contribution in [3.8, 4) is 0 Å². The van der Waals surface area contributed by atoms with Crippen LogP contribution in [-0.2, 0) is 0 Å². The van der Waals surface area contributed by atoms with Crippen LogP contribution in [0.15, 0.2) is 11.4 Å². The normalized spacial score (nSPS) is 24.9. The van der Waals surface area contributed by atoms with Gasteiger partial charge in [0.25, 0.3) is 0 Å². The Balaban J connectivity index is 2.07. The summed E-state index contributed by atoms with van der Waals surface area (Å²) in [6.07, 6.45) is 4.02. The fourth-order valence-corrected chi connectivity index (χ4v) is 4.11. The Morgan fingerprint density at radius 3 is 2.93 bits per heavy atom. The summed E-state index contributed by atoms with van der Waals surface area (Å²) in [5.41, 5.74) is 7.67. The van der Waals surface area contributed by atoms with Crippen LogP contribution < -0.4 is 5.73 Å². The van der Waals surface area contributed by atoms with Crippen molar-refractivity contribution in [3.63, 3.8) is 0 Å². The molecule has 1 nitrogen and oxygen atoms in total. The molecule has 1 aromatic rings. The topological polar surface area (TPSA) is 26.0 Å². The Bertz CT molecular complexity index is 289. The van der Waals surface area contributed by atoms with Gasteiger partial charge in [0.15, 0.2) is 0 Å². The second kappa shape index (κ2) is 4.69. The van der Waals surface area contributed by atoms with Crippen molar-refractivity contribution in [1.82, 2.24) is 0 Å². The lowest BCUT2D eigenvalue weighted by molar-refractivity contribution is 0.581. The van der Waals surface area contributed by atoms with Gasteiger partial charge in [-0.05, 0) is 42.5 Å². The molecule has 3 heteroatoms. The molecule has 2 unspecified atom stereocenters. The predicted octanol–water partition coefficient (Wildman–Crippen LogP) is 3.34. The molecule has 0 bridgehead atoms. The number of thioether (sulfide) groups is 1. The number of hydrogen-bond acceptors (Lipinski definition) is 3. The second-order valence-corrected chi connectivity index (χ2v) is 6.33. The first-order chi connectivity index (χ1) is 6.79. The van der Waals surface area contributed by atoms with Gasteiger partial charge in [0.1, 0.15) is 0 Å². The molecule has 0 amide bonds. The first-order valence-corrected chi connectivity index (χ1v) is 7.13. The molecule has 1 aliphatic heterocycles. The molecular formula is C11H17NS2. The van der Waals surface area contributed by atoms with Crippen LogP contribution in [0.25, 0.3) is 0 Å². The molecule has 0 spiro atoms. The minimum absolute atomic E-state index is 0.256. The number of nitrogens with two attached hydrogens (primary N) is 1. The Labute approximate surface area is 94.1 Å². The Morgan fingerprint density at radius 1 is 1.50 bits per heavy atom. The summed E-state index contributed by atoms with van der Waals surface area (Å²) in [6.45, 7) is 2.17. The summed E-state index contributed by atoms with van der Waals surface area (Å²) in [6, 6.07) is 2.45. The maximum Gasteiger partial charge on any atom is 0.0426 e. The Hall–Kier alpha value is 0.01000. The number of thiophene rings is 1. The van der Waals surface area contributed by atoms with E-state index in [0.29, 0.717) is 5.25 Å². The van der Waals surface area contributed by atoms with E-state index in [9.17, 15) is 0 Å². The molecule has 0 radical (unpaired) electrons. The summed E-state index contributed by atoms with van der Waals surface area (Å²) >= 11 is 3.87. The molecule has 78 valence electrons. The van der Waals surface area contributed by atoms with Crippen LogP contribution in [-0.4, -0.2) is 11.0 Å². The van der Waals surface area contributed by atoms with Gasteiger partial charge in [-0.2, -0.15) is 11.8 Å². The monoisotopic (exact) mass is 227 g/mol. The molecule has 1 saturated heterocycles. The van der Waals surface area contributed by atoms with Crippen molar-refractivity contribution < 1.29 is 0 Å². The summed E-state index contributed by atoms with van der Waals surface area (Å²) in [7, 11) is 0. The standard InChI is InChI=1S/C11H17NS2/c1-8-9(5-7-13-8)11(12)10-4-2-3-6-14-10/h5,7,10-11H,2-4,6,12H2,1H3. The fraction of sp³-hybridized carbons (Fsp3) is 0.636. The van der Waals surface area contributed by atoms with Gasteiger partial charge in [0.05, 0.1) is 0 Å². The molecule has 0 aliphatic carbocycles. The van der Waals surface area contributed by atoms with E-state index in [1.165, 1.54) is 35.5 Å². The minimum atomic E-state index is 0.256. The van der Waals surface area contributed by atoms with E-state index in [4.69, 9.17) is 5.73 Å². The van der Waals surface area contributed by atoms with Crippen LogP contribution in [0.2, 0.25) is 0 Å². The molecule has 2 heterocycles. The van der Waals surface area contributed by atoms with E-state index < -0.39 is 0 Å². The number of hydrogen-bond donors (Lipinski definition) is 1. The first-order valence-electron chi connectivity index (χ1n) is 5.20. The minimum Gasteiger partial charge on any atom is -0.323 e. The van der Waals surface area contributed by atoms with Crippen molar-refractivity contribution >= 4 is 23.1 Å². The third kappa shape index (κ3) is 2.15. The molecule has 1 aromatic heterocycles. The van der Waals surface area contributed by atoms with Gasteiger partial charge < -0.3 is 5.73 Å². The molecule has 0 saturated carbocycles. The summed E-state index contributed by atoms with van der Waals surface area (Å²) in [4.78, 5) is 1.39. The van der Waals surface area contributed by atoms with Crippen molar-refractivity contribution in [2.24, 2.45) is 5.73 Å². The van der Waals surface area contributed by atoms with E-state index in [0.717, 1.165) is 0 Å². The molecule has 0 aromatic carbocycles. The molecule has 1 aliphatic rings. The lowest BCUT2D eigenvalue weighted by atomic mass is 10.0. The first kappa shape index (κ1) is 10.5. The lowest BCUT2D eigenvalue weighted by Gasteiger charge is -2.27. The molecule has 1 fully saturated rings. The van der Waals surface area contributed by atoms with Crippen molar-refractivity contribution in [3.05, 3.63) is 21.9 Å². The largest absolute Gasteiger partial charge is 0.323 e. The zero-order chi connectivity index (χ0) is 9.97. The molecular weight excluding hydrogens is 210 g/mol.